The highest BCUT2D eigenvalue weighted by Crippen LogP contribution is 2.23. The van der Waals surface area contributed by atoms with Gasteiger partial charge in [-0.2, -0.15) is 0 Å². The van der Waals surface area contributed by atoms with Gasteiger partial charge in [0.25, 0.3) is 0 Å². The van der Waals surface area contributed by atoms with Gasteiger partial charge in [0.05, 0.1) is 5.88 Å². The van der Waals surface area contributed by atoms with Gasteiger partial charge in [0.1, 0.15) is 6.04 Å². The molecule has 2 fully saturated rings. The summed E-state index contributed by atoms with van der Waals surface area (Å²) in [5.41, 5.74) is 0. The molecular weight excluding hydrogens is 250 g/mol. The Bertz CT molecular complexity index is 329. The summed E-state index contributed by atoms with van der Waals surface area (Å²) in [5, 5.41) is 0. The number of rotatable bonds is 2. The van der Waals surface area contributed by atoms with Gasteiger partial charge in [0.15, 0.2) is 0 Å². The summed E-state index contributed by atoms with van der Waals surface area (Å²) in [6.45, 7) is 5.26. The van der Waals surface area contributed by atoms with E-state index in [0.29, 0.717) is 12.3 Å². The zero-order valence-corrected chi connectivity index (χ0v) is 11.9. The normalized spacial score (nSPS) is 25.6. The van der Waals surface area contributed by atoms with E-state index in [-0.39, 0.29) is 17.9 Å². The quantitative estimate of drug-likeness (QED) is 0.713. The molecule has 0 aromatic carbocycles. The molecular formula is C12H21N3O2S. The number of nitrogens with zero attached hydrogens (tertiary/aromatic N) is 3. The number of piperazine rings is 1. The number of carbonyl (C=O) groups excluding carboxylic acids is 2. The van der Waals surface area contributed by atoms with Crippen molar-refractivity contribution in [2.45, 2.75) is 19.4 Å². The lowest BCUT2D eigenvalue weighted by atomic mass is 10.2. The highest BCUT2D eigenvalue weighted by atomic mass is 32.2. The van der Waals surface area contributed by atoms with Crippen LogP contribution in [0, 0.1) is 0 Å². The first-order valence-electron chi connectivity index (χ1n) is 6.48. The van der Waals surface area contributed by atoms with Gasteiger partial charge in [0.2, 0.25) is 11.8 Å². The first kappa shape index (κ1) is 13.7. The van der Waals surface area contributed by atoms with Crippen LogP contribution in [0.15, 0.2) is 0 Å². The standard InChI is InChI=1S/C12H21N3O2S/c1-3-11(16)15-9-18-8-10(15)12(17)14-6-4-13(2)5-7-14/h10H,3-9H2,1-2H3. The maximum absolute atomic E-state index is 12.4. The Morgan fingerprint density at radius 2 is 1.89 bits per heavy atom. The van der Waals surface area contributed by atoms with Crippen LogP contribution in [0.4, 0.5) is 0 Å². The number of carbonyl (C=O) groups is 2. The van der Waals surface area contributed by atoms with Gasteiger partial charge >= 0.3 is 0 Å². The zero-order chi connectivity index (χ0) is 13.1. The van der Waals surface area contributed by atoms with Crippen molar-refractivity contribution in [2.75, 3.05) is 44.9 Å². The maximum atomic E-state index is 12.4. The summed E-state index contributed by atoms with van der Waals surface area (Å²) in [6.07, 6.45) is 0.479. The Labute approximate surface area is 112 Å². The van der Waals surface area contributed by atoms with Crippen molar-refractivity contribution in [1.29, 1.82) is 0 Å². The predicted octanol–water partition coefficient (Wildman–Crippen LogP) is 0.0719. The first-order chi connectivity index (χ1) is 8.63. The monoisotopic (exact) mass is 271 g/mol. The van der Waals surface area contributed by atoms with Gasteiger partial charge in [-0.25, -0.2) is 0 Å². The average Bonchev–Trinajstić information content (AvgIpc) is 2.87. The predicted molar refractivity (Wildman–Crippen MR) is 72.3 cm³/mol. The summed E-state index contributed by atoms with van der Waals surface area (Å²) in [5.74, 6) is 1.63. The van der Waals surface area contributed by atoms with Gasteiger partial charge in [-0.15, -0.1) is 11.8 Å². The molecule has 0 aliphatic carbocycles. The van der Waals surface area contributed by atoms with Crippen LogP contribution in [0.3, 0.4) is 0 Å². The molecule has 2 saturated heterocycles. The Hall–Kier alpha value is -0.750. The third kappa shape index (κ3) is 2.80. The van der Waals surface area contributed by atoms with Crippen molar-refractivity contribution in [3.8, 4) is 0 Å². The molecule has 2 aliphatic rings. The Morgan fingerprint density at radius 3 is 2.50 bits per heavy atom. The molecule has 0 spiro atoms. The lowest BCUT2D eigenvalue weighted by Crippen LogP contribution is -2.54. The third-order valence-electron chi connectivity index (χ3n) is 3.61. The summed E-state index contributed by atoms with van der Waals surface area (Å²) in [7, 11) is 2.07. The lowest BCUT2D eigenvalue weighted by Gasteiger charge is -2.35. The number of hydrogen-bond donors (Lipinski definition) is 0. The van der Waals surface area contributed by atoms with Crippen LogP contribution in [0.25, 0.3) is 0 Å². The number of thioether (sulfide) groups is 1. The fourth-order valence-electron chi connectivity index (χ4n) is 2.33. The second-order valence-electron chi connectivity index (χ2n) is 4.86. The van der Waals surface area contributed by atoms with Crippen LogP contribution in [0.5, 0.6) is 0 Å². The fourth-order valence-corrected chi connectivity index (χ4v) is 3.51. The van der Waals surface area contributed by atoms with Crippen molar-refractivity contribution in [2.24, 2.45) is 0 Å². The Morgan fingerprint density at radius 1 is 1.22 bits per heavy atom. The van der Waals surface area contributed by atoms with Crippen LogP contribution >= 0.6 is 11.8 Å². The van der Waals surface area contributed by atoms with Crippen LogP contribution in [-0.2, 0) is 9.59 Å². The maximum Gasteiger partial charge on any atom is 0.246 e. The minimum Gasteiger partial charge on any atom is -0.338 e. The molecule has 0 N–H and O–H groups in total. The average molecular weight is 271 g/mol. The fraction of sp³-hybridized carbons (Fsp3) is 0.833. The van der Waals surface area contributed by atoms with E-state index in [0.717, 1.165) is 31.9 Å². The second kappa shape index (κ2) is 5.93. The SMILES string of the molecule is CCC(=O)N1CSCC1C(=O)N1CCN(C)CC1. The smallest absolute Gasteiger partial charge is 0.246 e. The summed E-state index contributed by atoms with van der Waals surface area (Å²) < 4.78 is 0. The molecule has 0 radical (unpaired) electrons. The molecule has 102 valence electrons. The van der Waals surface area contributed by atoms with Gasteiger partial charge < -0.3 is 14.7 Å². The van der Waals surface area contributed by atoms with E-state index < -0.39 is 0 Å². The molecule has 0 saturated carbocycles. The van der Waals surface area contributed by atoms with E-state index in [2.05, 4.69) is 11.9 Å². The third-order valence-corrected chi connectivity index (χ3v) is 4.62. The molecule has 0 bridgehead atoms. The van der Waals surface area contributed by atoms with E-state index in [1.165, 1.54) is 0 Å². The van der Waals surface area contributed by atoms with Gasteiger partial charge in [0, 0.05) is 38.4 Å². The van der Waals surface area contributed by atoms with E-state index >= 15 is 0 Å². The van der Waals surface area contributed by atoms with E-state index in [9.17, 15) is 9.59 Å². The van der Waals surface area contributed by atoms with E-state index in [4.69, 9.17) is 0 Å². The molecule has 0 aromatic heterocycles. The summed E-state index contributed by atoms with van der Waals surface area (Å²) >= 11 is 1.67. The molecule has 2 heterocycles. The second-order valence-corrected chi connectivity index (χ2v) is 5.86. The van der Waals surface area contributed by atoms with Crippen molar-refractivity contribution >= 4 is 23.6 Å². The molecule has 18 heavy (non-hydrogen) atoms. The summed E-state index contributed by atoms with van der Waals surface area (Å²) in [6, 6.07) is -0.231. The number of likely N-dealkylation sites (N-methyl/N-ethyl adjacent to an activating group) is 1. The van der Waals surface area contributed by atoms with E-state index in [1.807, 2.05) is 11.8 Å². The minimum absolute atomic E-state index is 0.0903. The number of hydrogen-bond acceptors (Lipinski definition) is 4. The van der Waals surface area contributed by atoms with Gasteiger partial charge in [-0.3, -0.25) is 9.59 Å². The van der Waals surface area contributed by atoms with Crippen molar-refractivity contribution in [3.63, 3.8) is 0 Å². The highest BCUT2D eigenvalue weighted by Gasteiger charge is 2.36. The van der Waals surface area contributed by atoms with Crippen LogP contribution in [0.2, 0.25) is 0 Å². The molecule has 6 heteroatoms. The lowest BCUT2D eigenvalue weighted by molar-refractivity contribution is -0.144. The minimum atomic E-state index is -0.231. The van der Waals surface area contributed by atoms with Gasteiger partial charge in [-0.1, -0.05) is 6.92 Å². The topological polar surface area (TPSA) is 43.9 Å². The van der Waals surface area contributed by atoms with Gasteiger partial charge in [-0.05, 0) is 7.05 Å². The molecule has 1 atom stereocenters. The largest absolute Gasteiger partial charge is 0.338 e. The van der Waals surface area contributed by atoms with Crippen LogP contribution < -0.4 is 0 Å². The molecule has 2 rings (SSSR count). The summed E-state index contributed by atoms with van der Waals surface area (Å²) in [4.78, 5) is 30.1. The van der Waals surface area contributed by atoms with Crippen LogP contribution in [-0.4, -0.2) is 77.4 Å². The zero-order valence-electron chi connectivity index (χ0n) is 11.1. The molecule has 2 amide bonds. The molecule has 1 unspecified atom stereocenters. The van der Waals surface area contributed by atoms with E-state index in [1.54, 1.807) is 16.7 Å². The van der Waals surface area contributed by atoms with Crippen molar-refractivity contribution in [3.05, 3.63) is 0 Å². The van der Waals surface area contributed by atoms with Crippen molar-refractivity contribution in [1.82, 2.24) is 14.7 Å². The van der Waals surface area contributed by atoms with Crippen LogP contribution in [0.1, 0.15) is 13.3 Å². The molecule has 5 nitrogen and oxygen atoms in total. The molecule has 0 aromatic rings. The number of amides is 2. The highest BCUT2D eigenvalue weighted by molar-refractivity contribution is 7.99. The van der Waals surface area contributed by atoms with Crippen molar-refractivity contribution < 1.29 is 9.59 Å². The first-order valence-corrected chi connectivity index (χ1v) is 7.63. The molecule has 2 aliphatic heterocycles. The Balaban J connectivity index is 1.97. The Kier molecular flexibility index (Phi) is 4.50.